The Morgan fingerprint density at radius 2 is 1.39 bits per heavy atom. The molecule has 1 atom stereocenters. The summed E-state index contributed by atoms with van der Waals surface area (Å²) >= 11 is 0. The SMILES string of the molecule is C[C@@H](NCC(=O)Nc1ccccc1C(=O)Nc1ccccc1)c1ccccc1. The van der Waals surface area contributed by atoms with Gasteiger partial charge in [-0.2, -0.15) is 0 Å². The van der Waals surface area contributed by atoms with Gasteiger partial charge in [0.05, 0.1) is 17.8 Å². The maximum absolute atomic E-state index is 12.6. The van der Waals surface area contributed by atoms with Gasteiger partial charge < -0.3 is 16.0 Å². The molecule has 0 saturated carbocycles. The number of amides is 2. The molecule has 5 nitrogen and oxygen atoms in total. The molecule has 28 heavy (non-hydrogen) atoms. The van der Waals surface area contributed by atoms with E-state index >= 15 is 0 Å². The van der Waals surface area contributed by atoms with Crippen molar-refractivity contribution in [1.29, 1.82) is 0 Å². The second-order valence-electron chi connectivity index (χ2n) is 6.43. The van der Waals surface area contributed by atoms with E-state index in [9.17, 15) is 9.59 Å². The van der Waals surface area contributed by atoms with Crippen LogP contribution in [0.15, 0.2) is 84.9 Å². The highest BCUT2D eigenvalue weighted by Crippen LogP contribution is 2.17. The average Bonchev–Trinajstić information content (AvgIpc) is 2.73. The second-order valence-corrected chi connectivity index (χ2v) is 6.43. The van der Waals surface area contributed by atoms with Crippen LogP contribution in [0, 0.1) is 0 Å². The molecule has 0 aromatic heterocycles. The molecular formula is C23H23N3O2. The van der Waals surface area contributed by atoms with Crippen LogP contribution in [0.4, 0.5) is 11.4 Å². The van der Waals surface area contributed by atoms with Crippen molar-refractivity contribution in [3.8, 4) is 0 Å². The molecule has 0 spiro atoms. The molecule has 2 amide bonds. The molecular weight excluding hydrogens is 350 g/mol. The van der Waals surface area contributed by atoms with Crippen LogP contribution in [0.2, 0.25) is 0 Å². The van der Waals surface area contributed by atoms with Crippen molar-refractivity contribution in [2.24, 2.45) is 0 Å². The summed E-state index contributed by atoms with van der Waals surface area (Å²) in [6.07, 6.45) is 0. The molecule has 0 aliphatic rings. The predicted molar refractivity (Wildman–Crippen MR) is 112 cm³/mol. The number of nitrogens with one attached hydrogen (secondary N) is 3. The molecule has 0 aliphatic carbocycles. The molecule has 0 aliphatic heterocycles. The van der Waals surface area contributed by atoms with Crippen LogP contribution in [-0.4, -0.2) is 18.4 Å². The summed E-state index contributed by atoms with van der Waals surface area (Å²) in [5.41, 5.74) is 2.70. The molecule has 3 N–H and O–H groups in total. The van der Waals surface area contributed by atoms with Crippen molar-refractivity contribution in [3.05, 3.63) is 96.1 Å². The minimum atomic E-state index is -0.271. The van der Waals surface area contributed by atoms with Crippen molar-refractivity contribution < 1.29 is 9.59 Å². The summed E-state index contributed by atoms with van der Waals surface area (Å²) in [7, 11) is 0. The Labute approximate surface area is 164 Å². The first-order valence-electron chi connectivity index (χ1n) is 9.17. The highest BCUT2D eigenvalue weighted by molar-refractivity contribution is 6.10. The predicted octanol–water partition coefficient (Wildman–Crippen LogP) is 4.23. The van der Waals surface area contributed by atoms with E-state index in [1.165, 1.54) is 0 Å². The fraction of sp³-hybridized carbons (Fsp3) is 0.130. The number of benzene rings is 3. The Hall–Kier alpha value is -3.44. The second kappa shape index (κ2) is 9.48. The number of hydrogen-bond donors (Lipinski definition) is 3. The van der Waals surface area contributed by atoms with E-state index in [-0.39, 0.29) is 24.4 Å². The monoisotopic (exact) mass is 373 g/mol. The fourth-order valence-corrected chi connectivity index (χ4v) is 2.81. The minimum Gasteiger partial charge on any atom is -0.324 e. The van der Waals surface area contributed by atoms with Gasteiger partial charge in [-0.05, 0) is 36.8 Å². The van der Waals surface area contributed by atoms with Crippen molar-refractivity contribution in [2.45, 2.75) is 13.0 Å². The number of para-hydroxylation sites is 2. The molecule has 0 saturated heterocycles. The number of anilines is 2. The van der Waals surface area contributed by atoms with Crippen LogP contribution in [-0.2, 0) is 4.79 Å². The highest BCUT2D eigenvalue weighted by Gasteiger charge is 2.14. The lowest BCUT2D eigenvalue weighted by molar-refractivity contribution is -0.115. The van der Waals surface area contributed by atoms with Crippen LogP contribution < -0.4 is 16.0 Å². The molecule has 3 rings (SSSR count). The molecule has 3 aromatic rings. The van der Waals surface area contributed by atoms with Crippen LogP contribution in [0.5, 0.6) is 0 Å². The summed E-state index contributed by atoms with van der Waals surface area (Å²) in [5.74, 6) is -0.476. The summed E-state index contributed by atoms with van der Waals surface area (Å²) in [4.78, 5) is 25.0. The zero-order valence-corrected chi connectivity index (χ0v) is 15.7. The molecule has 0 fully saturated rings. The molecule has 5 heteroatoms. The molecule has 0 heterocycles. The van der Waals surface area contributed by atoms with Gasteiger partial charge in [-0.1, -0.05) is 60.7 Å². The molecule has 0 unspecified atom stereocenters. The Morgan fingerprint density at radius 1 is 0.786 bits per heavy atom. The summed E-state index contributed by atoms with van der Waals surface area (Å²) in [6.45, 7) is 2.15. The first kappa shape index (κ1) is 19.3. The number of hydrogen-bond acceptors (Lipinski definition) is 3. The van der Waals surface area contributed by atoms with Gasteiger partial charge in [-0.25, -0.2) is 0 Å². The Balaban J connectivity index is 1.61. The lowest BCUT2D eigenvalue weighted by Gasteiger charge is -2.15. The van der Waals surface area contributed by atoms with Gasteiger partial charge in [-0.15, -0.1) is 0 Å². The topological polar surface area (TPSA) is 70.2 Å². The van der Waals surface area contributed by atoms with E-state index in [0.717, 1.165) is 5.56 Å². The quantitative estimate of drug-likeness (QED) is 0.580. The number of rotatable bonds is 7. The van der Waals surface area contributed by atoms with Gasteiger partial charge in [-0.3, -0.25) is 9.59 Å². The van der Waals surface area contributed by atoms with Crippen molar-refractivity contribution >= 4 is 23.2 Å². The lowest BCUT2D eigenvalue weighted by atomic mass is 10.1. The minimum absolute atomic E-state index is 0.0450. The Bertz CT molecular complexity index is 927. The van der Waals surface area contributed by atoms with Gasteiger partial charge in [0.15, 0.2) is 0 Å². The van der Waals surface area contributed by atoms with E-state index < -0.39 is 0 Å². The molecule has 0 radical (unpaired) electrons. The lowest BCUT2D eigenvalue weighted by Crippen LogP contribution is -2.30. The smallest absolute Gasteiger partial charge is 0.257 e. The van der Waals surface area contributed by atoms with Crippen molar-refractivity contribution in [1.82, 2.24) is 5.32 Å². The third-order valence-electron chi connectivity index (χ3n) is 4.35. The normalized spacial score (nSPS) is 11.5. The van der Waals surface area contributed by atoms with E-state index in [1.807, 2.05) is 67.6 Å². The maximum atomic E-state index is 12.6. The zero-order valence-electron chi connectivity index (χ0n) is 15.7. The maximum Gasteiger partial charge on any atom is 0.257 e. The Kier molecular flexibility index (Phi) is 6.54. The fourth-order valence-electron chi connectivity index (χ4n) is 2.81. The zero-order chi connectivity index (χ0) is 19.8. The van der Waals surface area contributed by atoms with Gasteiger partial charge in [0.1, 0.15) is 0 Å². The highest BCUT2D eigenvalue weighted by atomic mass is 16.2. The average molecular weight is 373 g/mol. The van der Waals surface area contributed by atoms with Crippen LogP contribution >= 0.6 is 0 Å². The summed E-state index contributed by atoms with van der Waals surface area (Å²) in [5, 5.41) is 8.85. The number of carbonyl (C=O) groups is 2. The van der Waals surface area contributed by atoms with Gasteiger partial charge in [0.25, 0.3) is 5.91 Å². The summed E-state index contributed by atoms with van der Waals surface area (Å²) < 4.78 is 0. The van der Waals surface area contributed by atoms with E-state index in [0.29, 0.717) is 16.9 Å². The molecule has 142 valence electrons. The van der Waals surface area contributed by atoms with Crippen molar-refractivity contribution in [2.75, 3.05) is 17.2 Å². The van der Waals surface area contributed by atoms with Gasteiger partial charge in [0, 0.05) is 11.7 Å². The summed E-state index contributed by atoms with van der Waals surface area (Å²) in [6, 6.07) is 26.1. The third kappa shape index (κ3) is 5.28. The van der Waals surface area contributed by atoms with E-state index in [2.05, 4.69) is 16.0 Å². The first-order chi connectivity index (χ1) is 13.6. The van der Waals surface area contributed by atoms with E-state index in [1.54, 1.807) is 24.3 Å². The van der Waals surface area contributed by atoms with Crippen LogP contribution in [0.25, 0.3) is 0 Å². The van der Waals surface area contributed by atoms with Gasteiger partial charge >= 0.3 is 0 Å². The first-order valence-corrected chi connectivity index (χ1v) is 9.17. The van der Waals surface area contributed by atoms with Crippen LogP contribution in [0.3, 0.4) is 0 Å². The van der Waals surface area contributed by atoms with Crippen molar-refractivity contribution in [3.63, 3.8) is 0 Å². The van der Waals surface area contributed by atoms with E-state index in [4.69, 9.17) is 0 Å². The third-order valence-corrected chi connectivity index (χ3v) is 4.35. The molecule has 3 aromatic carbocycles. The Morgan fingerprint density at radius 3 is 2.11 bits per heavy atom. The standard InChI is InChI=1S/C23H23N3O2/c1-17(18-10-4-2-5-11-18)24-16-22(27)26-21-15-9-8-14-20(21)23(28)25-19-12-6-3-7-13-19/h2-15,17,24H,16H2,1H3,(H,25,28)(H,26,27)/t17-/m1/s1. The molecule has 0 bridgehead atoms. The number of carbonyl (C=O) groups excluding carboxylic acids is 2. The van der Waals surface area contributed by atoms with Crippen LogP contribution in [0.1, 0.15) is 28.9 Å². The largest absolute Gasteiger partial charge is 0.324 e. The van der Waals surface area contributed by atoms with Gasteiger partial charge in [0.2, 0.25) is 5.91 Å².